The van der Waals surface area contributed by atoms with Crippen LogP contribution in [0.1, 0.15) is 24.8 Å². The molecule has 1 aromatic carbocycles. The number of hydrogen-bond donors (Lipinski definition) is 0. The van der Waals surface area contributed by atoms with E-state index in [2.05, 4.69) is 5.10 Å². The van der Waals surface area contributed by atoms with Gasteiger partial charge in [-0.2, -0.15) is 18.3 Å². The number of alkyl halides is 3. The van der Waals surface area contributed by atoms with Crippen molar-refractivity contribution in [2.75, 3.05) is 7.11 Å². The number of methoxy groups -OCH3 is 1. The Morgan fingerprint density at radius 1 is 1.23 bits per heavy atom. The summed E-state index contributed by atoms with van der Waals surface area (Å²) in [5.74, 6) is 0. The standard InChI is InChI=1S/C17H19F3N2O3S/c1-22-10-12(9-21-22)11-3-6-16(15(7-11)17(18,19)20)26(23,24)14-5-4-13(8-14)25-2/h3,6-7,9-10,13-14H,4-5,8H2,1-2H3/t13-,14?/m0/s1. The largest absolute Gasteiger partial charge is 0.417 e. The summed E-state index contributed by atoms with van der Waals surface area (Å²) in [6.07, 6.45) is -0.981. The Morgan fingerprint density at radius 3 is 2.50 bits per heavy atom. The average molecular weight is 388 g/mol. The van der Waals surface area contributed by atoms with Crippen LogP contribution in [0, 0.1) is 0 Å². The molecule has 0 radical (unpaired) electrons. The van der Waals surface area contributed by atoms with Crippen LogP contribution in [-0.4, -0.2) is 36.7 Å². The second-order valence-electron chi connectivity index (χ2n) is 6.45. The highest BCUT2D eigenvalue weighted by molar-refractivity contribution is 7.92. The summed E-state index contributed by atoms with van der Waals surface area (Å²) in [5.41, 5.74) is -0.382. The fraction of sp³-hybridized carbons (Fsp3) is 0.471. The van der Waals surface area contributed by atoms with Crippen LogP contribution in [-0.2, 0) is 27.8 Å². The van der Waals surface area contributed by atoms with Crippen molar-refractivity contribution in [1.82, 2.24) is 9.78 Å². The van der Waals surface area contributed by atoms with Crippen molar-refractivity contribution in [3.63, 3.8) is 0 Å². The van der Waals surface area contributed by atoms with Crippen molar-refractivity contribution in [1.29, 1.82) is 0 Å². The van der Waals surface area contributed by atoms with Crippen molar-refractivity contribution in [3.05, 3.63) is 36.2 Å². The number of aryl methyl sites for hydroxylation is 1. The van der Waals surface area contributed by atoms with Crippen LogP contribution in [0.25, 0.3) is 11.1 Å². The molecule has 142 valence electrons. The second kappa shape index (κ2) is 6.70. The molecule has 3 rings (SSSR count). The fourth-order valence-corrected chi connectivity index (χ4v) is 5.34. The van der Waals surface area contributed by atoms with E-state index in [0.717, 1.165) is 12.1 Å². The third kappa shape index (κ3) is 3.50. The number of sulfone groups is 1. The summed E-state index contributed by atoms with van der Waals surface area (Å²) in [6, 6.07) is 3.33. The lowest BCUT2D eigenvalue weighted by molar-refractivity contribution is -0.139. The molecule has 1 saturated carbocycles. The number of rotatable bonds is 4. The third-order valence-electron chi connectivity index (χ3n) is 4.74. The molecule has 1 aromatic heterocycles. The molecule has 0 amide bonds. The summed E-state index contributed by atoms with van der Waals surface area (Å²) >= 11 is 0. The van der Waals surface area contributed by atoms with Crippen LogP contribution in [0.4, 0.5) is 13.2 Å². The van der Waals surface area contributed by atoms with Gasteiger partial charge in [0.1, 0.15) is 0 Å². The molecule has 0 spiro atoms. The summed E-state index contributed by atoms with van der Waals surface area (Å²) in [4.78, 5) is -0.667. The Kier molecular flexibility index (Phi) is 4.87. The van der Waals surface area contributed by atoms with Crippen molar-refractivity contribution in [2.45, 2.75) is 41.7 Å². The van der Waals surface area contributed by atoms with Crippen molar-refractivity contribution in [2.24, 2.45) is 7.05 Å². The predicted molar refractivity (Wildman–Crippen MR) is 89.3 cm³/mol. The first kappa shape index (κ1) is 18.9. The van der Waals surface area contributed by atoms with Crippen molar-refractivity contribution >= 4 is 9.84 Å². The Hall–Kier alpha value is -1.87. The van der Waals surface area contributed by atoms with E-state index >= 15 is 0 Å². The first-order valence-corrected chi connectivity index (χ1v) is 9.64. The van der Waals surface area contributed by atoms with Crippen LogP contribution in [0.3, 0.4) is 0 Å². The van der Waals surface area contributed by atoms with Crippen LogP contribution in [0.2, 0.25) is 0 Å². The Morgan fingerprint density at radius 2 is 1.96 bits per heavy atom. The van der Waals surface area contributed by atoms with Gasteiger partial charge < -0.3 is 4.74 Å². The Balaban J connectivity index is 2.07. The molecule has 0 saturated heterocycles. The van der Waals surface area contributed by atoms with E-state index in [1.54, 1.807) is 13.2 Å². The third-order valence-corrected chi connectivity index (χ3v) is 7.01. The molecule has 0 N–H and O–H groups in total. The number of hydrogen-bond acceptors (Lipinski definition) is 4. The molecule has 5 nitrogen and oxygen atoms in total. The molecule has 2 atom stereocenters. The fourth-order valence-electron chi connectivity index (χ4n) is 3.33. The van der Waals surface area contributed by atoms with Crippen molar-refractivity contribution < 1.29 is 26.3 Å². The van der Waals surface area contributed by atoms with Crippen LogP contribution >= 0.6 is 0 Å². The number of ether oxygens (including phenoxy) is 1. The van der Waals surface area contributed by atoms with Crippen molar-refractivity contribution in [3.8, 4) is 11.1 Å². The van der Waals surface area contributed by atoms with E-state index in [1.807, 2.05) is 0 Å². The van der Waals surface area contributed by atoms with E-state index in [-0.39, 0.29) is 18.1 Å². The zero-order valence-corrected chi connectivity index (χ0v) is 15.1. The quantitative estimate of drug-likeness (QED) is 0.805. The number of aromatic nitrogens is 2. The molecule has 1 heterocycles. The smallest absolute Gasteiger partial charge is 0.381 e. The molecule has 9 heteroatoms. The topological polar surface area (TPSA) is 61.2 Å². The SMILES string of the molecule is CO[C@H]1CCC(S(=O)(=O)c2ccc(-c3cnn(C)c3)cc2C(F)(F)F)C1. The normalized spacial score (nSPS) is 21.3. The van der Waals surface area contributed by atoms with Gasteiger partial charge in [0.15, 0.2) is 9.84 Å². The minimum atomic E-state index is -4.78. The van der Waals surface area contributed by atoms with E-state index in [0.29, 0.717) is 18.4 Å². The average Bonchev–Trinajstić information content (AvgIpc) is 3.22. The van der Waals surface area contributed by atoms with Gasteiger partial charge in [0.2, 0.25) is 0 Å². The zero-order chi connectivity index (χ0) is 19.1. The maximum atomic E-state index is 13.6. The van der Waals surface area contributed by atoms with E-state index in [4.69, 9.17) is 4.74 Å². The van der Waals surface area contributed by atoms with Gasteiger partial charge in [0.25, 0.3) is 0 Å². The van der Waals surface area contributed by atoms with Gasteiger partial charge in [-0.15, -0.1) is 0 Å². The molecule has 1 fully saturated rings. The lowest BCUT2D eigenvalue weighted by Gasteiger charge is -2.18. The van der Waals surface area contributed by atoms with E-state index in [9.17, 15) is 21.6 Å². The molecule has 0 bridgehead atoms. The van der Waals surface area contributed by atoms with Gasteiger partial charge >= 0.3 is 6.18 Å². The monoisotopic (exact) mass is 388 g/mol. The number of nitrogens with zero attached hydrogens (tertiary/aromatic N) is 2. The lowest BCUT2D eigenvalue weighted by Crippen LogP contribution is -2.23. The zero-order valence-electron chi connectivity index (χ0n) is 14.3. The van der Waals surface area contributed by atoms with Gasteiger partial charge in [0.05, 0.1) is 28.0 Å². The highest BCUT2D eigenvalue weighted by Crippen LogP contribution is 2.40. The maximum Gasteiger partial charge on any atom is 0.417 e. The summed E-state index contributed by atoms with van der Waals surface area (Å²) < 4.78 is 73.1. The minimum absolute atomic E-state index is 0.209. The van der Waals surface area contributed by atoms with Crippen LogP contribution < -0.4 is 0 Å². The van der Waals surface area contributed by atoms with E-state index in [1.165, 1.54) is 24.1 Å². The van der Waals surface area contributed by atoms with Crippen LogP contribution in [0.15, 0.2) is 35.5 Å². The molecule has 2 aromatic rings. The summed E-state index contributed by atoms with van der Waals surface area (Å²) in [5, 5.41) is 3.08. The first-order valence-electron chi connectivity index (χ1n) is 8.10. The van der Waals surface area contributed by atoms with E-state index < -0.39 is 31.7 Å². The molecule has 1 aliphatic rings. The predicted octanol–water partition coefficient (Wildman–Crippen LogP) is 3.45. The number of halogens is 3. The molecule has 1 unspecified atom stereocenters. The second-order valence-corrected chi connectivity index (χ2v) is 8.65. The Bertz CT molecular complexity index is 906. The highest BCUT2D eigenvalue weighted by Gasteiger charge is 2.42. The molecule has 1 aliphatic carbocycles. The molecule has 0 aliphatic heterocycles. The first-order chi connectivity index (χ1) is 12.1. The van der Waals surface area contributed by atoms with Gasteiger partial charge in [0, 0.05) is 25.9 Å². The summed E-state index contributed by atoms with van der Waals surface area (Å²) in [6.45, 7) is 0. The highest BCUT2D eigenvalue weighted by atomic mass is 32.2. The minimum Gasteiger partial charge on any atom is -0.381 e. The Labute approximate surface area is 149 Å². The molecular formula is C17H19F3N2O3S. The molecular weight excluding hydrogens is 369 g/mol. The maximum absolute atomic E-state index is 13.6. The summed E-state index contributed by atoms with van der Waals surface area (Å²) in [7, 11) is -0.982. The molecule has 26 heavy (non-hydrogen) atoms. The number of benzene rings is 1. The lowest BCUT2D eigenvalue weighted by atomic mass is 10.1. The van der Waals surface area contributed by atoms with Gasteiger partial charge in [-0.05, 0) is 37.0 Å². The van der Waals surface area contributed by atoms with Crippen LogP contribution in [0.5, 0.6) is 0 Å². The van der Waals surface area contributed by atoms with Gasteiger partial charge in [-0.25, -0.2) is 8.42 Å². The van der Waals surface area contributed by atoms with Gasteiger partial charge in [-0.3, -0.25) is 4.68 Å². The van der Waals surface area contributed by atoms with Gasteiger partial charge in [-0.1, -0.05) is 6.07 Å².